The van der Waals surface area contributed by atoms with E-state index in [-0.39, 0.29) is 45.5 Å². The Morgan fingerprint density at radius 1 is 1.21 bits per heavy atom. The zero-order valence-electron chi connectivity index (χ0n) is 17.4. The number of esters is 1. The summed E-state index contributed by atoms with van der Waals surface area (Å²) in [6.45, 7) is 4.35. The maximum Gasteiger partial charge on any atom is 0.303 e. The molecule has 6 heteroatoms. The number of Topliss-reactive ketones (excluding diaryl/α,β-unsaturated/α-hetero) is 2. The van der Waals surface area contributed by atoms with Gasteiger partial charge in [0.15, 0.2) is 5.78 Å². The number of halogens is 1. The van der Waals surface area contributed by atoms with Gasteiger partial charge < -0.3 is 9.47 Å². The topological polar surface area (TPSA) is 69.7 Å². The lowest BCUT2D eigenvalue weighted by Crippen LogP contribution is -2.63. The lowest BCUT2D eigenvalue weighted by molar-refractivity contribution is -0.150. The first-order valence-corrected chi connectivity index (χ1v) is 12.0. The number of carbonyl (C=O) groups excluding carboxylic acids is 3. The summed E-state index contributed by atoms with van der Waals surface area (Å²) < 4.78 is 11.2. The van der Waals surface area contributed by atoms with Crippen LogP contribution in [0.3, 0.4) is 0 Å². The van der Waals surface area contributed by atoms with Crippen molar-refractivity contribution in [1.82, 2.24) is 0 Å². The summed E-state index contributed by atoms with van der Waals surface area (Å²) in [7, 11) is 0. The second kappa shape index (κ2) is 6.62. The molecule has 1 saturated heterocycles. The van der Waals surface area contributed by atoms with Gasteiger partial charge in [0, 0.05) is 31.1 Å². The average Bonchev–Trinajstić information content (AvgIpc) is 3.08. The fourth-order valence-electron chi connectivity index (χ4n) is 8.34. The summed E-state index contributed by atoms with van der Waals surface area (Å²) in [5, 5.41) is 0. The van der Waals surface area contributed by atoms with Crippen LogP contribution in [0.5, 0.6) is 0 Å². The minimum absolute atomic E-state index is 0.00698. The number of ketones is 2. The van der Waals surface area contributed by atoms with E-state index in [4.69, 9.17) is 9.47 Å². The van der Waals surface area contributed by atoms with Gasteiger partial charge in [-0.15, -0.1) is 0 Å². The molecule has 0 amide bonds. The lowest BCUT2D eigenvalue weighted by atomic mass is 9.44. The third-order valence-electron chi connectivity index (χ3n) is 9.62. The molecule has 1 aliphatic heterocycles. The molecular weight excluding hydrogens is 436 g/mol. The van der Waals surface area contributed by atoms with E-state index in [0.717, 1.165) is 45.1 Å². The standard InChI is InChI=1S/C23H31BrO5/c1-13(25)28-11-19(27)18-4-3-16-15-9-20-23(24)10-14(26)5-8-22(23,12-29-20)17(15)6-7-21(16,18)2/h15-18,20H,3-12H2,1-2H3/t15-,16-,17-,18+,20?,21-,22-,23-/m0/s1. The Morgan fingerprint density at radius 3 is 2.76 bits per heavy atom. The molecule has 4 aliphatic carbocycles. The maximum atomic E-state index is 12.9. The quantitative estimate of drug-likeness (QED) is 0.466. The first-order valence-electron chi connectivity index (χ1n) is 11.2. The molecule has 8 atom stereocenters. The SMILES string of the molecule is CC(=O)OCC(=O)[C@H]1CC[C@H]2[C@@H]3CC4OC[C@@]5(CCC(=O)C[C@]45Br)[C@H]3CC[C@]12C. The fourth-order valence-corrected chi connectivity index (χ4v) is 9.58. The largest absolute Gasteiger partial charge is 0.458 e. The fraction of sp³-hybridized carbons (Fsp3) is 0.870. The zero-order chi connectivity index (χ0) is 20.6. The van der Waals surface area contributed by atoms with E-state index in [1.807, 2.05) is 0 Å². The van der Waals surface area contributed by atoms with Gasteiger partial charge in [-0.05, 0) is 61.7 Å². The van der Waals surface area contributed by atoms with E-state index < -0.39 is 0 Å². The van der Waals surface area contributed by atoms with Crippen LogP contribution in [0, 0.1) is 34.5 Å². The van der Waals surface area contributed by atoms with Crippen molar-refractivity contribution in [3.05, 3.63) is 0 Å². The first-order chi connectivity index (χ1) is 13.7. The Labute approximate surface area is 180 Å². The third-order valence-corrected chi connectivity index (χ3v) is 11.2. The van der Waals surface area contributed by atoms with Crippen LogP contribution in [0.15, 0.2) is 0 Å². The average molecular weight is 467 g/mol. The lowest BCUT2D eigenvalue weighted by Gasteiger charge is -2.61. The van der Waals surface area contributed by atoms with Gasteiger partial charge >= 0.3 is 5.97 Å². The highest BCUT2D eigenvalue weighted by molar-refractivity contribution is 9.10. The Morgan fingerprint density at radius 2 is 2.00 bits per heavy atom. The maximum absolute atomic E-state index is 12.9. The van der Waals surface area contributed by atoms with Crippen molar-refractivity contribution in [2.75, 3.05) is 13.2 Å². The van der Waals surface area contributed by atoms with E-state index in [9.17, 15) is 14.4 Å². The van der Waals surface area contributed by atoms with Gasteiger partial charge in [0.25, 0.3) is 0 Å². The van der Waals surface area contributed by atoms with Crippen molar-refractivity contribution in [2.24, 2.45) is 34.5 Å². The van der Waals surface area contributed by atoms with E-state index >= 15 is 0 Å². The zero-order valence-corrected chi connectivity index (χ0v) is 19.0. The molecule has 5 rings (SSSR count). The highest BCUT2D eigenvalue weighted by Crippen LogP contribution is 2.72. The van der Waals surface area contributed by atoms with Crippen molar-refractivity contribution in [1.29, 1.82) is 0 Å². The van der Waals surface area contributed by atoms with Crippen LogP contribution in [0.2, 0.25) is 0 Å². The van der Waals surface area contributed by atoms with E-state index in [0.29, 0.717) is 36.4 Å². The monoisotopic (exact) mass is 466 g/mol. The van der Waals surface area contributed by atoms with Crippen LogP contribution in [-0.2, 0) is 23.9 Å². The van der Waals surface area contributed by atoms with Crippen LogP contribution in [0.25, 0.3) is 0 Å². The van der Waals surface area contributed by atoms with Crippen LogP contribution in [0.1, 0.15) is 65.2 Å². The van der Waals surface area contributed by atoms with Crippen molar-refractivity contribution in [3.8, 4) is 0 Å². The van der Waals surface area contributed by atoms with Crippen LogP contribution < -0.4 is 0 Å². The number of rotatable bonds is 3. The van der Waals surface area contributed by atoms with Crippen LogP contribution in [0.4, 0.5) is 0 Å². The number of alkyl halides is 1. The van der Waals surface area contributed by atoms with E-state index in [1.165, 1.54) is 6.92 Å². The smallest absolute Gasteiger partial charge is 0.303 e. The number of hydrogen-bond acceptors (Lipinski definition) is 5. The third kappa shape index (κ3) is 2.63. The number of hydrogen-bond donors (Lipinski definition) is 0. The van der Waals surface area contributed by atoms with Crippen molar-refractivity contribution in [3.63, 3.8) is 0 Å². The van der Waals surface area contributed by atoms with E-state index in [1.54, 1.807) is 0 Å². The number of fused-ring (bicyclic) bond motifs is 3. The normalized spacial score (nSPS) is 50.4. The molecule has 0 aromatic heterocycles. The Balaban J connectivity index is 1.42. The highest BCUT2D eigenvalue weighted by atomic mass is 79.9. The molecule has 1 unspecified atom stereocenters. The molecule has 160 valence electrons. The Hall–Kier alpha value is -0.750. The molecule has 0 aromatic rings. The summed E-state index contributed by atoms with van der Waals surface area (Å²) in [5.74, 6) is 1.71. The number of carbonyl (C=O) groups is 3. The van der Waals surface area contributed by atoms with E-state index in [2.05, 4.69) is 22.9 Å². The van der Waals surface area contributed by atoms with Gasteiger partial charge in [-0.25, -0.2) is 0 Å². The second-order valence-corrected chi connectivity index (χ2v) is 12.0. The molecule has 4 saturated carbocycles. The molecule has 2 bridgehead atoms. The van der Waals surface area contributed by atoms with Crippen molar-refractivity contribution >= 4 is 33.5 Å². The van der Waals surface area contributed by atoms with Gasteiger partial charge in [-0.1, -0.05) is 22.9 Å². The van der Waals surface area contributed by atoms with Crippen molar-refractivity contribution in [2.45, 2.75) is 75.6 Å². The molecular formula is C23H31BrO5. The summed E-state index contributed by atoms with van der Waals surface area (Å²) in [6, 6.07) is 0. The predicted molar refractivity (Wildman–Crippen MR) is 109 cm³/mol. The number of ether oxygens (including phenoxy) is 2. The first kappa shape index (κ1) is 20.2. The van der Waals surface area contributed by atoms with Gasteiger partial charge in [0.05, 0.1) is 17.0 Å². The van der Waals surface area contributed by atoms with Gasteiger partial charge in [0.1, 0.15) is 12.4 Å². The predicted octanol–water partition coefficient (Wildman–Crippen LogP) is 3.85. The highest BCUT2D eigenvalue weighted by Gasteiger charge is 2.72. The van der Waals surface area contributed by atoms with Crippen LogP contribution in [-0.4, -0.2) is 41.2 Å². The minimum Gasteiger partial charge on any atom is -0.458 e. The summed E-state index contributed by atoms with van der Waals surface area (Å²) >= 11 is 4.07. The summed E-state index contributed by atoms with van der Waals surface area (Å²) in [5.41, 5.74) is 0.0565. The molecule has 29 heavy (non-hydrogen) atoms. The van der Waals surface area contributed by atoms with Gasteiger partial charge in [-0.3, -0.25) is 14.4 Å². The Bertz CT molecular complexity index is 766. The molecule has 5 nitrogen and oxygen atoms in total. The molecule has 0 spiro atoms. The van der Waals surface area contributed by atoms with Crippen molar-refractivity contribution < 1.29 is 23.9 Å². The molecule has 1 heterocycles. The Kier molecular flexibility index (Phi) is 4.61. The van der Waals surface area contributed by atoms with Crippen LogP contribution >= 0.6 is 15.9 Å². The molecule has 5 fully saturated rings. The van der Waals surface area contributed by atoms with Gasteiger partial charge in [0.2, 0.25) is 0 Å². The summed E-state index contributed by atoms with van der Waals surface area (Å²) in [4.78, 5) is 36.3. The molecule has 0 radical (unpaired) electrons. The minimum atomic E-state index is -0.387. The second-order valence-electron chi connectivity index (χ2n) is 10.6. The molecule has 0 aromatic carbocycles. The molecule has 5 aliphatic rings. The summed E-state index contributed by atoms with van der Waals surface area (Å²) in [6.07, 6.45) is 7.44. The van der Waals surface area contributed by atoms with Gasteiger partial charge in [-0.2, -0.15) is 0 Å². The molecule has 0 N–H and O–H groups in total.